The SMILES string of the molecule is COc1c(C)cccc1-c1ccc(F)nc1. The Kier molecular flexibility index (Phi) is 2.86. The molecule has 0 N–H and O–H groups in total. The lowest BCUT2D eigenvalue weighted by atomic mass is 10.0. The van der Waals surface area contributed by atoms with Gasteiger partial charge in [-0.2, -0.15) is 4.39 Å². The number of aryl methyl sites for hydroxylation is 1. The maximum atomic E-state index is 12.7. The van der Waals surface area contributed by atoms with Crippen LogP contribution in [-0.2, 0) is 0 Å². The van der Waals surface area contributed by atoms with Gasteiger partial charge in [0.05, 0.1) is 7.11 Å². The Bertz CT molecular complexity index is 494. The molecule has 0 aliphatic rings. The maximum absolute atomic E-state index is 12.7. The molecule has 2 rings (SSSR count). The predicted molar refractivity (Wildman–Crippen MR) is 60.9 cm³/mol. The van der Waals surface area contributed by atoms with Gasteiger partial charge in [-0.3, -0.25) is 0 Å². The summed E-state index contributed by atoms with van der Waals surface area (Å²) in [6, 6.07) is 8.88. The van der Waals surface area contributed by atoms with Crippen LogP contribution in [0.25, 0.3) is 11.1 Å². The summed E-state index contributed by atoms with van der Waals surface area (Å²) in [6.45, 7) is 1.97. The molecule has 2 nitrogen and oxygen atoms in total. The number of para-hydroxylation sites is 1. The summed E-state index contributed by atoms with van der Waals surface area (Å²) in [5, 5.41) is 0. The minimum atomic E-state index is -0.477. The van der Waals surface area contributed by atoms with Gasteiger partial charge in [0, 0.05) is 17.3 Å². The molecule has 16 heavy (non-hydrogen) atoms. The molecule has 0 radical (unpaired) electrons. The Morgan fingerprint density at radius 1 is 1.19 bits per heavy atom. The first-order valence-electron chi connectivity index (χ1n) is 4.98. The topological polar surface area (TPSA) is 22.1 Å². The number of pyridine rings is 1. The maximum Gasteiger partial charge on any atom is 0.212 e. The number of nitrogens with zero attached hydrogens (tertiary/aromatic N) is 1. The number of aromatic nitrogens is 1. The van der Waals surface area contributed by atoms with Gasteiger partial charge < -0.3 is 4.74 Å². The van der Waals surface area contributed by atoms with E-state index in [1.807, 2.05) is 25.1 Å². The molecule has 0 fully saturated rings. The summed E-state index contributed by atoms with van der Waals surface area (Å²) in [5.74, 6) is 0.325. The number of methoxy groups -OCH3 is 1. The van der Waals surface area contributed by atoms with Crippen LogP contribution in [0.2, 0.25) is 0 Å². The highest BCUT2D eigenvalue weighted by Gasteiger charge is 2.08. The van der Waals surface area contributed by atoms with Crippen LogP contribution in [0, 0.1) is 12.9 Å². The Labute approximate surface area is 93.7 Å². The second kappa shape index (κ2) is 4.31. The molecule has 2 aromatic rings. The Balaban J connectivity index is 2.55. The minimum absolute atomic E-state index is 0.477. The van der Waals surface area contributed by atoms with Crippen LogP contribution in [0.1, 0.15) is 5.56 Å². The quantitative estimate of drug-likeness (QED) is 0.720. The first-order chi connectivity index (χ1) is 7.72. The standard InChI is InChI=1S/C13H12FNO/c1-9-4-3-5-11(13(9)16-2)10-6-7-12(14)15-8-10/h3-8H,1-2H3. The lowest BCUT2D eigenvalue weighted by Crippen LogP contribution is -1.92. The first kappa shape index (κ1) is 10.6. The number of halogens is 1. The van der Waals surface area contributed by atoms with Gasteiger partial charge in [-0.05, 0) is 24.6 Å². The highest BCUT2D eigenvalue weighted by Crippen LogP contribution is 2.32. The van der Waals surface area contributed by atoms with Gasteiger partial charge in [0.25, 0.3) is 0 Å². The van der Waals surface area contributed by atoms with Crippen LogP contribution in [0.3, 0.4) is 0 Å². The fraction of sp³-hybridized carbons (Fsp3) is 0.154. The van der Waals surface area contributed by atoms with E-state index in [2.05, 4.69) is 4.98 Å². The van der Waals surface area contributed by atoms with Crippen LogP contribution < -0.4 is 4.74 Å². The predicted octanol–water partition coefficient (Wildman–Crippen LogP) is 3.20. The number of hydrogen-bond donors (Lipinski definition) is 0. The van der Waals surface area contributed by atoms with Crippen molar-refractivity contribution < 1.29 is 9.13 Å². The second-order valence-corrected chi connectivity index (χ2v) is 3.53. The summed E-state index contributed by atoms with van der Waals surface area (Å²) in [6.07, 6.45) is 1.51. The zero-order valence-corrected chi connectivity index (χ0v) is 9.20. The second-order valence-electron chi connectivity index (χ2n) is 3.53. The van der Waals surface area contributed by atoms with E-state index in [4.69, 9.17) is 4.74 Å². The molecule has 1 heterocycles. The molecule has 0 amide bonds. The van der Waals surface area contributed by atoms with Crippen molar-refractivity contribution >= 4 is 0 Å². The first-order valence-corrected chi connectivity index (χ1v) is 4.98. The summed E-state index contributed by atoms with van der Waals surface area (Å²) >= 11 is 0. The van der Waals surface area contributed by atoms with E-state index < -0.39 is 5.95 Å². The largest absolute Gasteiger partial charge is 0.496 e. The number of benzene rings is 1. The summed E-state index contributed by atoms with van der Waals surface area (Å²) in [7, 11) is 1.63. The van der Waals surface area contributed by atoms with Gasteiger partial charge in [-0.25, -0.2) is 4.98 Å². The molecule has 0 aliphatic carbocycles. The van der Waals surface area contributed by atoms with E-state index in [-0.39, 0.29) is 0 Å². The summed E-state index contributed by atoms with van der Waals surface area (Å²) < 4.78 is 18.1. The van der Waals surface area contributed by atoms with Crippen LogP contribution >= 0.6 is 0 Å². The van der Waals surface area contributed by atoms with E-state index >= 15 is 0 Å². The number of hydrogen-bond acceptors (Lipinski definition) is 2. The van der Waals surface area contributed by atoms with Gasteiger partial charge in [0.15, 0.2) is 0 Å². The Morgan fingerprint density at radius 2 is 2.00 bits per heavy atom. The van der Waals surface area contributed by atoms with Crippen LogP contribution in [0.4, 0.5) is 4.39 Å². The summed E-state index contributed by atoms with van der Waals surface area (Å²) in [5.41, 5.74) is 2.82. The number of rotatable bonds is 2. The molecule has 82 valence electrons. The fourth-order valence-corrected chi connectivity index (χ4v) is 1.69. The van der Waals surface area contributed by atoms with Crippen LogP contribution in [-0.4, -0.2) is 12.1 Å². The van der Waals surface area contributed by atoms with Crippen LogP contribution in [0.5, 0.6) is 5.75 Å². The molecule has 1 aromatic heterocycles. The van der Waals surface area contributed by atoms with E-state index in [0.29, 0.717) is 0 Å². The molecule has 0 saturated heterocycles. The third-order valence-electron chi connectivity index (χ3n) is 2.45. The van der Waals surface area contributed by atoms with E-state index in [1.54, 1.807) is 13.2 Å². The number of ether oxygens (including phenoxy) is 1. The van der Waals surface area contributed by atoms with E-state index in [0.717, 1.165) is 22.4 Å². The highest BCUT2D eigenvalue weighted by atomic mass is 19.1. The third kappa shape index (κ3) is 1.89. The Morgan fingerprint density at radius 3 is 2.62 bits per heavy atom. The molecule has 3 heteroatoms. The molecule has 0 unspecified atom stereocenters. The van der Waals surface area contributed by atoms with Crippen LogP contribution in [0.15, 0.2) is 36.5 Å². The summed E-state index contributed by atoms with van der Waals surface area (Å²) in [4.78, 5) is 3.64. The molecule has 0 bridgehead atoms. The zero-order chi connectivity index (χ0) is 11.5. The lowest BCUT2D eigenvalue weighted by molar-refractivity contribution is 0.413. The third-order valence-corrected chi connectivity index (χ3v) is 2.45. The monoisotopic (exact) mass is 217 g/mol. The average Bonchev–Trinajstić information content (AvgIpc) is 2.30. The van der Waals surface area contributed by atoms with Gasteiger partial charge in [-0.15, -0.1) is 0 Å². The normalized spacial score (nSPS) is 10.2. The van der Waals surface area contributed by atoms with Gasteiger partial charge in [-0.1, -0.05) is 18.2 Å². The minimum Gasteiger partial charge on any atom is -0.496 e. The van der Waals surface area contributed by atoms with E-state index in [9.17, 15) is 4.39 Å². The molecule has 0 atom stereocenters. The molecular formula is C13H12FNO. The molecular weight excluding hydrogens is 205 g/mol. The van der Waals surface area contributed by atoms with Crippen molar-refractivity contribution in [3.05, 3.63) is 48.0 Å². The van der Waals surface area contributed by atoms with Crippen molar-refractivity contribution in [3.63, 3.8) is 0 Å². The van der Waals surface area contributed by atoms with Crippen molar-refractivity contribution in [1.29, 1.82) is 0 Å². The van der Waals surface area contributed by atoms with Crippen molar-refractivity contribution in [2.75, 3.05) is 7.11 Å². The highest BCUT2D eigenvalue weighted by molar-refractivity contribution is 5.71. The molecule has 0 aliphatic heterocycles. The van der Waals surface area contributed by atoms with Crippen molar-refractivity contribution in [2.24, 2.45) is 0 Å². The van der Waals surface area contributed by atoms with Gasteiger partial charge in [0.2, 0.25) is 5.95 Å². The van der Waals surface area contributed by atoms with Crippen molar-refractivity contribution in [3.8, 4) is 16.9 Å². The fourth-order valence-electron chi connectivity index (χ4n) is 1.69. The van der Waals surface area contributed by atoms with E-state index in [1.165, 1.54) is 12.3 Å². The average molecular weight is 217 g/mol. The smallest absolute Gasteiger partial charge is 0.212 e. The van der Waals surface area contributed by atoms with Crippen molar-refractivity contribution in [2.45, 2.75) is 6.92 Å². The Hall–Kier alpha value is -1.90. The van der Waals surface area contributed by atoms with Gasteiger partial charge in [0.1, 0.15) is 5.75 Å². The van der Waals surface area contributed by atoms with Crippen molar-refractivity contribution in [1.82, 2.24) is 4.98 Å². The van der Waals surface area contributed by atoms with Gasteiger partial charge >= 0.3 is 0 Å². The molecule has 0 spiro atoms. The lowest BCUT2D eigenvalue weighted by Gasteiger charge is -2.10. The molecule has 1 aromatic carbocycles. The molecule has 0 saturated carbocycles. The zero-order valence-electron chi connectivity index (χ0n) is 9.20.